The molecule has 0 heterocycles. The zero-order valence-corrected chi connectivity index (χ0v) is 39.8. The van der Waals surface area contributed by atoms with E-state index in [2.05, 4.69) is 86.8 Å². The minimum atomic E-state index is -0.799. The Morgan fingerprint density at radius 2 is 0.934 bits per heavy atom. The first-order valence-electron chi connectivity index (χ1n) is 25.4. The lowest BCUT2D eigenvalue weighted by Crippen LogP contribution is -2.46. The van der Waals surface area contributed by atoms with E-state index in [-0.39, 0.29) is 24.9 Å². The minimum Gasteiger partial charge on any atom is -0.462 e. The van der Waals surface area contributed by atoms with E-state index >= 15 is 0 Å². The van der Waals surface area contributed by atoms with Crippen LogP contribution in [0.25, 0.3) is 0 Å². The summed E-state index contributed by atoms with van der Waals surface area (Å²) in [5, 5.41) is 23.7. The van der Waals surface area contributed by atoms with Crippen LogP contribution in [0.5, 0.6) is 0 Å². The van der Waals surface area contributed by atoms with Crippen LogP contribution in [0, 0.1) is 0 Å². The van der Waals surface area contributed by atoms with Gasteiger partial charge in [-0.15, -0.1) is 0 Å². The Morgan fingerprint density at radius 3 is 1.49 bits per heavy atom. The van der Waals surface area contributed by atoms with E-state index in [1.54, 1.807) is 0 Å². The van der Waals surface area contributed by atoms with Crippen molar-refractivity contribution in [2.45, 2.75) is 244 Å². The minimum absolute atomic E-state index is 0.0532. The Kier molecular flexibility index (Phi) is 45.7. The van der Waals surface area contributed by atoms with Gasteiger partial charge in [0.1, 0.15) is 6.10 Å². The molecule has 6 heteroatoms. The molecule has 0 saturated carbocycles. The molecule has 0 rings (SSSR count). The fourth-order valence-electron chi connectivity index (χ4n) is 7.20. The number of allylic oxidation sites excluding steroid dienone is 14. The molecule has 3 N–H and O–H groups in total. The third-order valence-electron chi connectivity index (χ3n) is 11.1. The number of ether oxygens (including phenoxy) is 1. The number of aliphatic hydroxyl groups excluding tert-OH is 2. The van der Waals surface area contributed by atoms with Crippen molar-refractivity contribution in [3.05, 3.63) is 85.1 Å². The van der Waals surface area contributed by atoms with Gasteiger partial charge >= 0.3 is 5.97 Å². The highest BCUT2D eigenvalue weighted by Crippen LogP contribution is 2.17. The summed E-state index contributed by atoms with van der Waals surface area (Å²) >= 11 is 0. The lowest BCUT2D eigenvalue weighted by Gasteiger charge is -2.24. The molecule has 0 saturated heterocycles. The monoisotopic (exact) mass is 850 g/mol. The molecule has 61 heavy (non-hydrogen) atoms. The molecule has 0 aliphatic rings. The Labute approximate surface area is 376 Å². The molecule has 3 atom stereocenters. The van der Waals surface area contributed by atoms with Crippen LogP contribution in [0.15, 0.2) is 85.1 Å². The van der Waals surface area contributed by atoms with Crippen LogP contribution in [-0.2, 0) is 14.3 Å². The second kappa shape index (κ2) is 48.1. The number of hydrogen-bond donors (Lipinski definition) is 3. The smallest absolute Gasteiger partial charge is 0.306 e. The summed E-state index contributed by atoms with van der Waals surface area (Å²) in [6.45, 7) is 6.33. The zero-order chi connectivity index (χ0) is 44.5. The maximum Gasteiger partial charge on any atom is 0.306 e. The molecule has 0 spiro atoms. The molecule has 1 amide bonds. The highest BCUT2D eigenvalue weighted by molar-refractivity contribution is 5.77. The maximum atomic E-state index is 13.2. The fourth-order valence-corrected chi connectivity index (χ4v) is 7.20. The number of carbonyl (C=O) groups is 2. The van der Waals surface area contributed by atoms with Gasteiger partial charge in [0.2, 0.25) is 5.91 Å². The van der Waals surface area contributed by atoms with Crippen molar-refractivity contribution in [1.82, 2.24) is 5.32 Å². The number of aliphatic hydroxyl groups is 2. The summed E-state index contributed by atoms with van der Waals surface area (Å²) in [7, 11) is 0. The van der Waals surface area contributed by atoms with Crippen LogP contribution >= 0.6 is 0 Å². The molecule has 0 fully saturated rings. The highest BCUT2D eigenvalue weighted by atomic mass is 16.5. The molecule has 0 aliphatic carbocycles. The van der Waals surface area contributed by atoms with Gasteiger partial charge in [0.25, 0.3) is 0 Å². The highest BCUT2D eigenvalue weighted by Gasteiger charge is 2.24. The SMILES string of the molecule is CCC/C=C/C=C/C=C/C=C/C=C/CCCCCCCC(=O)OC(CCCCCCC/C=C\C/C=C\CCCCC)CC(=O)NC(CO)C(O)CCCCCCCCCCC. The van der Waals surface area contributed by atoms with Crippen LogP contribution in [0.3, 0.4) is 0 Å². The van der Waals surface area contributed by atoms with Gasteiger partial charge in [-0.2, -0.15) is 0 Å². The molecular weight excluding hydrogens is 755 g/mol. The van der Waals surface area contributed by atoms with E-state index in [1.165, 1.54) is 77.0 Å². The van der Waals surface area contributed by atoms with E-state index in [0.29, 0.717) is 19.3 Å². The molecule has 0 aliphatic heterocycles. The molecule has 6 nitrogen and oxygen atoms in total. The van der Waals surface area contributed by atoms with E-state index in [1.807, 2.05) is 24.3 Å². The van der Waals surface area contributed by atoms with Crippen molar-refractivity contribution < 1.29 is 24.5 Å². The quantitative estimate of drug-likeness (QED) is 0.0246. The Bertz CT molecular complexity index is 1180. The summed E-state index contributed by atoms with van der Waals surface area (Å²) in [5.74, 6) is -0.522. The van der Waals surface area contributed by atoms with Crippen molar-refractivity contribution in [3.8, 4) is 0 Å². The van der Waals surface area contributed by atoms with Gasteiger partial charge in [-0.05, 0) is 77.0 Å². The number of rotatable bonds is 44. The number of unbranched alkanes of at least 4 members (excludes halogenated alkanes) is 22. The van der Waals surface area contributed by atoms with E-state index < -0.39 is 18.2 Å². The van der Waals surface area contributed by atoms with Crippen molar-refractivity contribution in [3.63, 3.8) is 0 Å². The average Bonchev–Trinajstić information content (AvgIpc) is 3.25. The average molecular weight is 850 g/mol. The topological polar surface area (TPSA) is 95.9 Å². The van der Waals surface area contributed by atoms with Gasteiger partial charge in [-0.1, -0.05) is 221 Å². The standard InChI is InChI=1S/C55H95NO5/c1-4-7-10-13-16-19-21-23-25-26-27-29-31-33-36-39-42-45-48-55(60)61-51(46-43-40-37-35-32-30-28-24-22-20-17-14-11-8-5-2)49-54(59)56-52(50-57)53(58)47-44-41-38-34-18-15-12-9-6-3/h10,13,16-17,19-21,23-29,51-53,57-58H,4-9,11-12,14-15,18,22,30-50H2,1-3H3,(H,56,59)/b13-10+,19-16+,20-17-,23-21+,26-25+,28-24-,29-27+. The second-order valence-electron chi connectivity index (χ2n) is 17.0. The van der Waals surface area contributed by atoms with Crippen molar-refractivity contribution in [2.24, 2.45) is 0 Å². The Balaban J connectivity index is 4.68. The molecule has 0 aromatic carbocycles. The first-order chi connectivity index (χ1) is 30.0. The first kappa shape index (κ1) is 58.0. The van der Waals surface area contributed by atoms with Gasteiger partial charge in [-0.3, -0.25) is 9.59 Å². The van der Waals surface area contributed by atoms with Gasteiger partial charge in [0.15, 0.2) is 0 Å². The fraction of sp³-hybridized carbons (Fsp3) is 0.709. The van der Waals surface area contributed by atoms with Crippen molar-refractivity contribution in [2.75, 3.05) is 6.61 Å². The zero-order valence-electron chi connectivity index (χ0n) is 39.8. The lowest BCUT2D eigenvalue weighted by atomic mass is 10.0. The van der Waals surface area contributed by atoms with Crippen LogP contribution in [0.2, 0.25) is 0 Å². The summed E-state index contributed by atoms with van der Waals surface area (Å²) < 4.78 is 5.92. The van der Waals surface area contributed by atoms with E-state index in [9.17, 15) is 19.8 Å². The van der Waals surface area contributed by atoms with Crippen LogP contribution in [0.1, 0.15) is 226 Å². The van der Waals surface area contributed by atoms with E-state index in [4.69, 9.17) is 4.74 Å². The number of carbonyl (C=O) groups excluding carboxylic acids is 2. The summed E-state index contributed by atoms with van der Waals surface area (Å²) in [6, 6.07) is -0.715. The molecule has 3 unspecified atom stereocenters. The van der Waals surface area contributed by atoms with Gasteiger partial charge in [0.05, 0.1) is 25.2 Å². The van der Waals surface area contributed by atoms with Crippen LogP contribution in [0.4, 0.5) is 0 Å². The third kappa shape index (κ3) is 43.5. The predicted molar refractivity (Wildman–Crippen MR) is 264 cm³/mol. The van der Waals surface area contributed by atoms with Crippen molar-refractivity contribution in [1.29, 1.82) is 0 Å². The van der Waals surface area contributed by atoms with Gasteiger partial charge in [-0.25, -0.2) is 0 Å². The first-order valence-corrected chi connectivity index (χ1v) is 25.4. The number of amides is 1. The largest absolute Gasteiger partial charge is 0.462 e. The van der Waals surface area contributed by atoms with Gasteiger partial charge < -0.3 is 20.3 Å². The number of esters is 1. The predicted octanol–water partition coefficient (Wildman–Crippen LogP) is 15.2. The Hall–Kier alpha value is -2.96. The van der Waals surface area contributed by atoms with Crippen LogP contribution < -0.4 is 5.32 Å². The summed E-state index contributed by atoms with van der Waals surface area (Å²) in [5.41, 5.74) is 0. The molecule has 0 aromatic heterocycles. The molecular formula is C55H95NO5. The van der Waals surface area contributed by atoms with Crippen molar-refractivity contribution >= 4 is 11.9 Å². The molecule has 350 valence electrons. The van der Waals surface area contributed by atoms with Crippen LogP contribution in [-0.4, -0.2) is 46.9 Å². The Morgan fingerprint density at radius 1 is 0.492 bits per heavy atom. The molecule has 0 bridgehead atoms. The van der Waals surface area contributed by atoms with E-state index in [0.717, 1.165) is 103 Å². The summed E-state index contributed by atoms with van der Waals surface area (Å²) in [4.78, 5) is 26.1. The maximum absolute atomic E-state index is 13.2. The number of hydrogen-bond acceptors (Lipinski definition) is 5. The number of nitrogens with one attached hydrogen (secondary N) is 1. The third-order valence-corrected chi connectivity index (χ3v) is 11.1. The second-order valence-corrected chi connectivity index (χ2v) is 17.0. The van der Waals surface area contributed by atoms with Gasteiger partial charge in [0, 0.05) is 6.42 Å². The normalized spacial score (nSPS) is 14.0. The lowest BCUT2D eigenvalue weighted by molar-refractivity contribution is -0.151. The molecule has 0 aromatic rings. The molecule has 0 radical (unpaired) electrons. The summed E-state index contributed by atoms with van der Waals surface area (Å²) in [6.07, 6.45) is 62.0.